The number of anilines is 1. The number of carboxylic acid groups (broad SMARTS) is 1. The molecule has 0 unspecified atom stereocenters. The molecule has 1 saturated heterocycles. The van der Waals surface area contributed by atoms with Crippen molar-refractivity contribution in [3.8, 4) is 17.1 Å². The van der Waals surface area contributed by atoms with E-state index in [1.807, 2.05) is 0 Å². The van der Waals surface area contributed by atoms with Gasteiger partial charge in [0.25, 0.3) is 11.8 Å². The summed E-state index contributed by atoms with van der Waals surface area (Å²) in [4.78, 5) is 59.4. The lowest BCUT2D eigenvalue weighted by molar-refractivity contribution is -0.150. The summed E-state index contributed by atoms with van der Waals surface area (Å²) < 4.78 is 5.60. The van der Waals surface area contributed by atoms with Gasteiger partial charge in [-0.05, 0) is 0 Å². The third-order valence-corrected chi connectivity index (χ3v) is 8.01. The smallest absolute Gasteiger partial charge is 0.353 e. The van der Waals surface area contributed by atoms with E-state index in [2.05, 4.69) is 20.6 Å². The fourth-order valence-electron chi connectivity index (χ4n) is 3.76. The van der Waals surface area contributed by atoms with E-state index in [1.165, 1.54) is 23.2 Å². The first kappa shape index (κ1) is 27.0. The maximum Gasteiger partial charge on any atom is 0.353 e. The van der Waals surface area contributed by atoms with Crippen molar-refractivity contribution >= 4 is 63.3 Å². The van der Waals surface area contributed by atoms with E-state index in [-0.39, 0.29) is 56.8 Å². The summed E-state index contributed by atoms with van der Waals surface area (Å²) in [5.41, 5.74) is 4.32. The Hall–Kier alpha value is -4.55. The van der Waals surface area contributed by atoms with Crippen LogP contribution >= 0.6 is 34.7 Å². The summed E-state index contributed by atoms with van der Waals surface area (Å²) in [7, 11) is 0. The zero-order valence-electron chi connectivity index (χ0n) is 19.7. The van der Waals surface area contributed by atoms with Gasteiger partial charge in [0.1, 0.15) is 34.2 Å². The van der Waals surface area contributed by atoms with Gasteiger partial charge in [0.2, 0.25) is 5.43 Å². The SMILES string of the molecule is Nc1nc(/C(=N/OCc2cc(-c3cc(=O)c(O)cn3O)no2)C(=O)N[C@@H]2C(=O)N3C(C(=O)O)=C(Cl)CS[C@H]23)cs1. The fourth-order valence-corrected chi connectivity index (χ4v) is 5.86. The predicted molar refractivity (Wildman–Crippen MR) is 138 cm³/mol. The summed E-state index contributed by atoms with van der Waals surface area (Å²) in [5, 5.41) is 39.7. The molecule has 0 bridgehead atoms. The lowest BCUT2D eigenvalue weighted by atomic mass is 10.0. The molecule has 5 heterocycles. The van der Waals surface area contributed by atoms with Gasteiger partial charge in [-0.25, -0.2) is 9.78 Å². The minimum absolute atomic E-state index is 0.0173. The zero-order valence-corrected chi connectivity index (χ0v) is 22.1. The topological polar surface area (TPSA) is 236 Å². The lowest BCUT2D eigenvalue weighted by Crippen LogP contribution is -2.71. The molecule has 2 amide bonds. The van der Waals surface area contributed by atoms with Crippen LogP contribution in [-0.2, 0) is 25.8 Å². The van der Waals surface area contributed by atoms with Gasteiger partial charge in [-0.1, -0.05) is 21.9 Å². The Labute approximate surface area is 235 Å². The van der Waals surface area contributed by atoms with E-state index in [9.17, 15) is 34.6 Å². The number of aromatic hydroxyl groups is 1. The molecule has 1 fully saturated rings. The number of carboxylic acids is 1. The molecule has 0 aromatic carbocycles. The van der Waals surface area contributed by atoms with E-state index in [1.54, 1.807) is 0 Å². The van der Waals surface area contributed by atoms with Crippen LogP contribution in [-0.4, -0.2) is 75.9 Å². The first-order valence-corrected chi connectivity index (χ1v) is 13.3. The quantitative estimate of drug-likeness (QED) is 0.100. The van der Waals surface area contributed by atoms with Crippen molar-refractivity contribution in [2.24, 2.45) is 5.16 Å². The third kappa shape index (κ3) is 4.94. The second-order valence-corrected chi connectivity index (χ2v) is 10.6. The Kier molecular flexibility index (Phi) is 7.13. The first-order valence-electron chi connectivity index (χ1n) is 10.9. The fraction of sp³-hybridized carbons (Fsp3) is 0.190. The summed E-state index contributed by atoms with van der Waals surface area (Å²) in [5.74, 6) is -3.29. The van der Waals surface area contributed by atoms with Gasteiger partial charge in [0, 0.05) is 23.3 Å². The van der Waals surface area contributed by atoms with Gasteiger partial charge in [-0.2, -0.15) is 4.73 Å². The number of nitrogens with zero attached hydrogens (tertiary/aromatic N) is 5. The molecule has 0 radical (unpaired) electrons. The number of hydrogen-bond acceptors (Lipinski definition) is 14. The lowest BCUT2D eigenvalue weighted by Gasteiger charge is -2.48. The number of hydrogen-bond donors (Lipinski definition) is 5. The Morgan fingerprint density at radius 1 is 1.35 bits per heavy atom. The van der Waals surface area contributed by atoms with E-state index in [4.69, 9.17) is 26.7 Å². The molecule has 19 heteroatoms. The van der Waals surface area contributed by atoms with Crippen molar-refractivity contribution in [1.29, 1.82) is 0 Å². The molecule has 208 valence electrons. The Balaban J connectivity index is 1.31. The number of rotatable bonds is 8. The number of β-lactam (4-membered cyclic amide) rings is 1. The monoisotopic (exact) mass is 609 g/mol. The number of carbonyl (C=O) groups is 3. The van der Waals surface area contributed by atoms with Gasteiger partial charge in [-0.3, -0.25) is 19.3 Å². The number of pyridine rings is 1. The van der Waals surface area contributed by atoms with Crippen LogP contribution in [0, 0.1) is 0 Å². The summed E-state index contributed by atoms with van der Waals surface area (Å²) in [6, 6.07) is 1.22. The van der Waals surface area contributed by atoms with Gasteiger partial charge in [-0.15, -0.1) is 23.1 Å². The van der Waals surface area contributed by atoms with Gasteiger partial charge in [0.15, 0.2) is 29.0 Å². The van der Waals surface area contributed by atoms with Crippen molar-refractivity contribution in [2.75, 3.05) is 11.5 Å². The number of thioether (sulfide) groups is 1. The number of halogens is 1. The van der Waals surface area contributed by atoms with Crippen LogP contribution < -0.4 is 16.5 Å². The maximum absolute atomic E-state index is 13.1. The van der Waals surface area contributed by atoms with Crippen molar-refractivity contribution in [2.45, 2.75) is 18.0 Å². The maximum atomic E-state index is 13.1. The normalized spacial score (nSPS) is 18.8. The molecule has 16 nitrogen and oxygen atoms in total. The number of nitrogens with one attached hydrogen (secondary N) is 1. The molecule has 2 aliphatic heterocycles. The van der Waals surface area contributed by atoms with Gasteiger partial charge < -0.3 is 35.8 Å². The average Bonchev–Trinajstić information content (AvgIpc) is 3.55. The second kappa shape index (κ2) is 10.5. The van der Waals surface area contributed by atoms with Crippen LogP contribution in [0.2, 0.25) is 0 Å². The minimum Gasteiger partial charge on any atom is -0.503 e. The van der Waals surface area contributed by atoms with Crippen LogP contribution in [0.1, 0.15) is 11.5 Å². The second-order valence-electron chi connectivity index (χ2n) is 8.14. The van der Waals surface area contributed by atoms with E-state index >= 15 is 0 Å². The molecule has 5 rings (SSSR count). The number of fused-ring (bicyclic) bond motifs is 1. The van der Waals surface area contributed by atoms with Gasteiger partial charge in [0.05, 0.1) is 11.2 Å². The number of aliphatic carboxylic acids is 1. The van der Waals surface area contributed by atoms with Crippen molar-refractivity contribution < 1.29 is 39.2 Å². The van der Waals surface area contributed by atoms with Crippen LogP contribution in [0.4, 0.5) is 5.13 Å². The van der Waals surface area contributed by atoms with Crippen LogP contribution in [0.25, 0.3) is 11.4 Å². The molecular formula is C21H16ClN7O9S2. The molecule has 0 spiro atoms. The van der Waals surface area contributed by atoms with Gasteiger partial charge >= 0.3 is 5.97 Å². The largest absolute Gasteiger partial charge is 0.503 e. The standard InChI is InChI=1S/C21H16ClN7O9S2/c22-8-5-39-19-15(18(33)29(19)16(8)20(34)35)25-17(32)14(10-6-40-21(23)24-10)27-37-4-7-1-9(26-38-7)11-2-12(30)13(31)3-28(11)36/h1-3,6,15,19,31,36H,4-5H2,(H2,23,24)(H,25,32)(H,34,35)/b27-14-/t15-,19-/m1/s1. The highest BCUT2D eigenvalue weighted by molar-refractivity contribution is 8.00. The molecule has 40 heavy (non-hydrogen) atoms. The van der Waals surface area contributed by atoms with Crippen molar-refractivity contribution in [3.63, 3.8) is 0 Å². The van der Waals surface area contributed by atoms with E-state index < -0.39 is 40.4 Å². The Morgan fingerprint density at radius 2 is 2.12 bits per heavy atom. The number of amides is 2. The molecule has 3 aromatic heterocycles. The highest BCUT2D eigenvalue weighted by Gasteiger charge is 2.54. The molecule has 3 aromatic rings. The Bertz CT molecular complexity index is 1660. The minimum atomic E-state index is -1.36. The Morgan fingerprint density at radius 3 is 2.83 bits per heavy atom. The van der Waals surface area contributed by atoms with Crippen LogP contribution in [0.5, 0.6) is 5.75 Å². The summed E-state index contributed by atoms with van der Waals surface area (Å²) in [6.07, 6.45) is 0.794. The van der Waals surface area contributed by atoms with Crippen LogP contribution in [0.15, 0.2) is 48.9 Å². The number of nitrogen functional groups attached to an aromatic ring is 1. The van der Waals surface area contributed by atoms with Crippen molar-refractivity contribution in [3.05, 3.63) is 56.1 Å². The summed E-state index contributed by atoms with van der Waals surface area (Å²) in [6.45, 7) is -0.350. The molecule has 2 atom stereocenters. The first-order chi connectivity index (χ1) is 19.0. The number of carbonyl (C=O) groups excluding carboxylic acids is 2. The van der Waals surface area contributed by atoms with Crippen molar-refractivity contribution in [1.82, 2.24) is 25.1 Å². The zero-order chi connectivity index (χ0) is 28.7. The molecular weight excluding hydrogens is 594 g/mol. The van der Waals surface area contributed by atoms with Crippen LogP contribution in [0.3, 0.4) is 0 Å². The molecule has 0 aliphatic carbocycles. The number of oxime groups is 1. The highest BCUT2D eigenvalue weighted by Crippen LogP contribution is 2.41. The number of aromatic nitrogens is 3. The predicted octanol–water partition coefficient (Wildman–Crippen LogP) is 0.341. The highest BCUT2D eigenvalue weighted by atomic mass is 35.5. The van der Waals surface area contributed by atoms with E-state index in [0.29, 0.717) is 4.73 Å². The summed E-state index contributed by atoms with van der Waals surface area (Å²) >= 11 is 8.20. The molecule has 0 saturated carbocycles. The third-order valence-electron chi connectivity index (χ3n) is 5.59. The number of nitrogens with two attached hydrogens (primary N) is 1. The van der Waals surface area contributed by atoms with E-state index in [0.717, 1.165) is 28.5 Å². The molecule has 2 aliphatic rings. The number of thiazole rings is 1. The molecule has 6 N–H and O–H groups in total. The average molecular weight is 610 g/mol.